The van der Waals surface area contributed by atoms with Gasteiger partial charge in [-0.25, -0.2) is 0 Å². The van der Waals surface area contributed by atoms with Gasteiger partial charge in [0.1, 0.15) is 0 Å². The molecule has 1 heterocycles. The van der Waals surface area contributed by atoms with Gasteiger partial charge in [0.2, 0.25) is 5.91 Å². The molecule has 0 radical (unpaired) electrons. The average Bonchev–Trinajstić information content (AvgIpc) is 2.34. The van der Waals surface area contributed by atoms with Crippen LogP contribution in [0.2, 0.25) is 0 Å². The van der Waals surface area contributed by atoms with Gasteiger partial charge < -0.3 is 15.4 Å². The maximum Gasteiger partial charge on any atom is 0.223 e. The highest BCUT2D eigenvalue weighted by molar-refractivity contribution is 5.78. The molecule has 1 atom stereocenters. The van der Waals surface area contributed by atoms with Crippen LogP contribution in [-0.4, -0.2) is 38.3 Å². The lowest BCUT2D eigenvalue weighted by Gasteiger charge is -2.23. The van der Waals surface area contributed by atoms with Crippen molar-refractivity contribution in [1.29, 1.82) is 0 Å². The highest BCUT2D eigenvalue weighted by atomic mass is 16.5. The van der Waals surface area contributed by atoms with Crippen LogP contribution in [0.15, 0.2) is 0 Å². The zero-order chi connectivity index (χ0) is 12.7. The van der Waals surface area contributed by atoms with E-state index in [1.807, 2.05) is 6.92 Å². The number of piperidine rings is 1. The topological polar surface area (TPSA) is 50.4 Å². The summed E-state index contributed by atoms with van der Waals surface area (Å²) >= 11 is 0. The third-order valence-electron chi connectivity index (χ3n) is 3.45. The minimum Gasteiger partial charge on any atom is -0.376 e. The number of ether oxygens (including phenoxy) is 1. The first-order valence-electron chi connectivity index (χ1n) is 6.71. The van der Waals surface area contributed by atoms with E-state index in [9.17, 15) is 4.79 Å². The van der Waals surface area contributed by atoms with Crippen LogP contribution < -0.4 is 10.6 Å². The van der Waals surface area contributed by atoms with Crippen LogP contribution in [0.3, 0.4) is 0 Å². The van der Waals surface area contributed by atoms with Crippen LogP contribution in [0.1, 0.15) is 33.6 Å². The lowest BCUT2D eigenvalue weighted by molar-refractivity contribution is -0.126. The summed E-state index contributed by atoms with van der Waals surface area (Å²) < 4.78 is 5.72. The second-order valence-electron chi connectivity index (χ2n) is 5.14. The standard InChI is InChI=1S/C13H26N2O2/c1-10(2)11(3)13(16)15-8-9-17-12-4-6-14-7-5-12/h10-12,14H,4-9H2,1-3H3,(H,15,16). The number of rotatable bonds is 6. The first kappa shape index (κ1) is 14.5. The number of nitrogens with one attached hydrogen (secondary N) is 2. The quantitative estimate of drug-likeness (QED) is 0.687. The van der Waals surface area contributed by atoms with Crippen LogP contribution in [0.25, 0.3) is 0 Å². The predicted octanol–water partition coefficient (Wildman–Crippen LogP) is 1.16. The molecule has 0 aromatic rings. The Labute approximate surface area is 104 Å². The number of hydrogen-bond acceptors (Lipinski definition) is 3. The van der Waals surface area contributed by atoms with Gasteiger partial charge in [-0.05, 0) is 31.8 Å². The molecule has 0 aromatic heterocycles. The fourth-order valence-electron chi connectivity index (χ4n) is 1.83. The molecule has 100 valence electrons. The molecule has 1 saturated heterocycles. The lowest BCUT2D eigenvalue weighted by atomic mass is 9.97. The van der Waals surface area contributed by atoms with Crippen LogP contribution >= 0.6 is 0 Å². The highest BCUT2D eigenvalue weighted by Crippen LogP contribution is 2.09. The molecule has 0 spiro atoms. The normalized spacial score (nSPS) is 19.3. The Kier molecular flexibility index (Phi) is 6.52. The third-order valence-corrected chi connectivity index (χ3v) is 3.45. The zero-order valence-corrected chi connectivity index (χ0v) is 11.3. The van der Waals surface area contributed by atoms with Gasteiger partial charge in [0.25, 0.3) is 0 Å². The predicted molar refractivity (Wildman–Crippen MR) is 68.9 cm³/mol. The number of carbonyl (C=O) groups is 1. The van der Waals surface area contributed by atoms with Gasteiger partial charge >= 0.3 is 0 Å². The maximum absolute atomic E-state index is 11.7. The molecule has 1 aliphatic heterocycles. The van der Waals surface area contributed by atoms with Gasteiger partial charge in [-0.15, -0.1) is 0 Å². The Balaban J connectivity index is 2.05. The van der Waals surface area contributed by atoms with Crippen LogP contribution in [0.5, 0.6) is 0 Å². The third kappa shape index (κ3) is 5.50. The maximum atomic E-state index is 11.7. The molecule has 1 rings (SSSR count). The summed E-state index contributed by atoms with van der Waals surface area (Å²) in [6.07, 6.45) is 2.53. The molecule has 0 saturated carbocycles. The summed E-state index contributed by atoms with van der Waals surface area (Å²) in [4.78, 5) is 11.7. The average molecular weight is 242 g/mol. The van der Waals surface area contributed by atoms with E-state index in [4.69, 9.17) is 4.74 Å². The van der Waals surface area contributed by atoms with Crippen LogP contribution in [-0.2, 0) is 9.53 Å². The van der Waals surface area contributed by atoms with E-state index in [-0.39, 0.29) is 11.8 Å². The van der Waals surface area contributed by atoms with Gasteiger partial charge in [-0.1, -0.05) is 20.8 Å². The molecule has 1 amide bonds. The van der Waals surface area contributed by atoms with E-state index < -0.39 is 0 Å². The summed E-state index contributed by atoms with van der Waals surface area (Å²) in [6.45, 7) is 9.43. The van der Waals surface area contributed by atoms with Crippen LogP contribution in [0, 0.1) is 11.8 Å². The first-order valence-corrected chi connectivity index (χ1v) is 6.71. The van der Waals surface area contributed by atoms with Crippen molar-refractivity contribution in [2.24, 2.45) is 11.8 Å². The van der Waals surface area contributed by atoms with E-state index in [2.05, 4.69) is 24.5 Å². The summed E-state index contributed by atoms with van der Waals surface area (Å²) in [5, 5.41) is 6.22. The van der Waals surface area contributed by atoms with Crippen molar-refractivity contribution >= 4 is 5.91 Å². The van der Waals surface area contributed by atoms with Crippen molar-refractivity contribution in [2.75, 3.05) is 26.2 Å². The number of amides is 1. The molecule has 0 aromatic carbocycles. The van der Waals surface area contributed by atoms with Crippen molar-refractivity contribution in [3.05, 3.63) is 0 Å². The molecular formula is C13H26N2O2. The van der Waals surface area contributed by atoms with Gasteiger partial charge in [-0.2, -0.15) is 0 Å². The highest BCUT2D eigenvalue weighted by Gasteiger charge is 2.16. The summed E-state index contributed by atoms with van der Waals surface area (Å²) in [5.74, 6) is 0.600. The minimum atomic E-state index is 0.0777. The van der Waals surface area contributed by atoms with Crippen LogP contribution in [0.4, 0.5) is 0 Å². The Bertz CT molecular complexity index is 225. The Hall–Kier alpha value is -0.610. The second-order valence-corrected chi connectivity index (χ2v) is 5.14. The monoisotopic (exact) mass is 242 g/mol. The van der Waals surface area contributed by atoms with Gasteiger partial charge in [0, 0.05) is 12.5 Å². The zero-order valence-electron chi connectivity index (χ0n) is 11.3. The Morgan fingerprint density at radius 1 is 1.35 bits per heavy atom. The van der Waals surface area contributed by atoms with Crippen molar-refractivity contribution in [1.82, 2.24) is 10.6 Å². The summed E-state index contributed by atoms with van der Waals surface area (Å²) in [7, 11) is 0. The first-order chi connectivity index (χ1) is 8.11. The van der Waals surface area contributed by atoms with Crippen molar-refractivity contribution in [2.45, 2.75) is 39.7 Å². The lowest BCUT2D eigenvalue weighted by Crippen LogP contribution is -2.36. The molecule has 2 N–H and O–H groups in total. The Morgan fingerprint density at radius 3 is 2.59 bits per heavy atom. The smallest absolute Gasteiger partial charge is 0.223 e. The molecule has 4 nitrogen and oxygen atoms in total. The van der Waals surface area contributed by atoms with E-state index >= 15 is 0 Å². The largest absolute Gasteiger partial charge is 0.376 e. The number of carbonyl (C=O) groups excluding carboxylic acids is 1. The fourth-order valence-corrected chi connectivity index (χ4v) is 1.83. The van der Waals surface area contributed by atoms with E-state index in [1.54, 1.807) is 0 Å². The molecule has 17 heavy (non-hydrogen) atoms. The molecule has 0 aliphatic carbocycles. The molecule has 1 fully saturated rings. The van der Waals surface area contributed by atoms with Gasteiger partial charge in [0.05, 0.1) is 12.7 Å². The van der Waals surface area contributed by atoms with Crippen molar-refractivity contribution in [3.8, 4) is 0 Å². The summed E-state index contributed by atoms with van der Waals surface area (Å²) in [5.41, 5.74) is 0. The minimum absolute atomic E-state index is 0.0777. The van der Waals surface area contributed by atoms with E-state index in [0.717, 1.165) is 25.9 Å². The summed E-state index contributed by atoms with van der Waals surface area (Å²) in [6, 6.07) is 0. The van der Waals surface area contributed by atoms with Gasteiger partial charge in [-0.3, -0.25) is 4.79 Å². The second kappa shape index (κ2) is 7.67. The van der Waals surface area contributed by atoms with E-state index in [0.29, 0.717) is 25.2 Å². The van der Waals surface area contributed by atoms with E-state index in [1.165, 1.54) is 0 Å². The molecular weight excluding hydrogens is 216 g/mol. The fraction of sp³-hybridized carbons (Fsp3) is 0.923. The van der Waals surface area contributed by atoms with Crippen molar-refractivity contribution in [3.63, 3.8) is 0 Å². The molecule has 1 unspecified atom stereocenters. The SMILES string of the molecule is CC(C)C(C)C(=O)NCCOC1CCNCC1. The molecule has 1 aliphatic rings. The molecule has 4 heteroatoms. The molecule has 0 bridgehead atoms. The number of hydrogen-bond donors (Lipinski definition) is 2. The van der Waals surface area contributed by atoms with Gasteiger partial charge in [0.15, 0.2) is 0 Å². The van der Waals surface area contributed by atoms with Crippen molar-refractivity contribution < 1.29 is 9.53 Å². The Morgan fingerprint density at radius 2 is 2.00 bits per heavy atom.